The van der Waals surface area contributed by atoms with Crippen LogP contribution in [0.3, 0.4) is 0 Å². The van der Waals surface area contributed by atoms with E-state index in [4.69, 9.17) is 9.47 Å². The molecule has 0 aliphatic heterocycles. The first-order valence-corrected chi connectivity index (χ1v) is 20.4. The number of rotatable bonds is 10. The molecule has 0 radical (unpaired) electrons. The van der Waals surface area contributed by atoms with Gasteiger partial charge in [-0.1, -0.05) is 97.6 Å². The van der Waals surface area contributed by atoms with Crippen molar-refractivity contribution >= 4 is 11.9 Å². The Balaban J connectivity index is 0.969. The summed E-state index contributed by atoms with van der Waals surface area (Å²) in [5.74, 6) is 5.88. The van der Waals surface area contributed by atoms with Crippen molar-refractivity contribution in [3.8, 4) is 0 Å². The zero-order chi connectivity index (χ0) is 33.2. The number of hydrogen-bond donors (Lipinski definition) is 0. The third-order valence-corrected chi connectivity index (χ3v) is 15.2. The second-order valence-electron chi connectivity index (χ2n) is 18.3. The highest BCUT2D eigenvalue weighted by Gasteiger charge is 2.59. The lowest BCUT2D eigenvalue weighted by Gasteiger charge is -2.58. The van der Waals surface area contributed by atoms with Gasteiger partial charge in [0.25, 0.3) is 0 Å². The molecule has 6 aliphatic carbocycles. The molecule has 0 unspecified atom stereocenters. The Morgan fingerprint density at radius 1 is 0.766 bits per heavy atom. The van der Waals surface area contributed by atoms with Crippen LogP contribution in [0.15, 0.2) is 23.8 Å². The van der Waals surface area contributed by atoms with Crippen LogP contribution in [0.4, 0.5) is 0 Å². The molecule has 0 bridgehead atoms. The Bertz CT molecular complexity index is 1140. The van der Waals surface area contributed by atoms with Crippen molar-refractivity contribution in [2.75, 3.05) is 0 Å². The molecule has 0 spiro atoms. The van der Waals surface area contributed by atoms with Gasteiger partial charge in [0.1, 0.15) is 12.2 Å². The van der Waals surface area contributed by atoms with Crippen molar-refractivity contribution in [2.45, 2.75) is 175 Å². The molecule has 264 valence electrons. The molecule has 0 aromatic carbocycles. The largest absolute Gasteiger partial charge is 0.459 e. The topological polar surface area (TPSA) is 52.6 Å². The minimum atomic E-state index is -0.404. The molecule has 5 saturated carbocycles. The Morgan fingerprint density at radius 2 is 1.45 bits per heavy atom. The molecule has 5 fully saturated rings. The van der Waals surface area contributed by atoms with E-state index in [0.29, 0.717) is 5.41 Å². The van der Waals surface area contributed by atoms with Gasteiger partial charge in [-0.15, -0.1) is 0 Å². The second-order valence-corrected chi connectivity index (χ2v) is 18.3. The van der Waals surface area contributed by atoms with Crippen LogP contribution < -0.4 is 0 Å². The molecule has 0 amide bonds. The van der Waals surface area contributed by atoms with Crippen LogP contribution in [0, 0.1) is 58.2 Å². The van der Waals surface area contributed by atoms with Gasteiger partial charge in [0.05, 0.1) is 0 Å². The minimum Gasteiger partial charge on any atom is -0.459 e. The maximum atomic E-state index is 12.8. The van der Waals surface area contributed by atoms with Gasteiger partial charge in [0.15, 0.2) is 0 Å². The number of esters is 2. The fourth-order valence-corrected chi connectivity index (χ4v) is 12.6. The molecular weight excluding hydrogens is 580 g/mol. The highest BCUT2D eigenvalue weighted by molar-refractivity contribution is 5.91. The molecule has 6 aliphatic rings. The fourth-order valence-electron chi connectivity index (χ4n) is 12.6. The van der Waals surface area contributed by atoms with Crippen LogP contribution in [0.1, 0.15) is 163 Å². The molecular formula is C43H68O4. The van der Waals surface area contributed by atoms with E-state index in [9.17, 15) is 9.59 Å². The summed E-state index contributed by atoms with van der Waals surface area (Å²) in [5, 5.41) is 0. The summed E-state index contributed by atoms with van der Waals surface area (Å²) in [6.07, 6.45) is 30.1. The smallest absolute Gasteiger partial charge is 0.331 e. The molecule has 0 aromatic heterocycles. The van der Waals surface area contributed by atoms with E-state index >= 15 is 0 Å². The number of ether oxygens (including phenoxy) is 2. The zero-order valence-electron chi connectivity index (χ0n) is 30.8. The van der Waals surface area contributed by atoms with Gasteiger partial charge in [-0.05, 0) is 129 Å². The molecule has 6 rings (SSSR count). The quantitative estimate of drug-likeness (QED) is 0.134. The van der Waals surface area contributed by atoms with Gasteiger partial charge >= 0.3 is 11.9 Å². The van der Waals surface area contributed by atoms with Crippen LogP contribution in [-0.2, 0) is 19.1 Å². The number of carbonyl (C=O) groups is 2. The van der Waals surface area contributed by atoms with Crippen molar-refractivity contribution in [3.63, 3.8) is 0 Å². The van der Waals surface area contributed by atoms with Gasteiger partial charge in [-0.3, -0.25) is 0 Å². The summed E-state index contributed by atoms with van der Waals surface area (Å²) in [4.78, 5) is 25.4. The van der Waals surface area contributed by atoms with Crippen LogP contribution >= 0.6 is 0 Å². The number of hydrogen-bond acceptors (Lipinski definition) is 4. The van der Waals surface area contributed by atoms with Crippen molar-refractivity contribution in [1.82, 2.24) is 0 Å². The number of fused-ring (bicyclic) bond motifs is 5. The molecule has 0 aromatic rings. The first-order valence-electron chi connectivity index (χ1n) is 20.4. The summed E-state index contributed by atoms with van der Waals surface area (Å²) in [6.45, 7) is 12.5. The maximum Gasteiger partial charge on any atom is 0.331 e. The first kappa shape index (κ1) is 35.3. The van der Waals surface area contributed by atoms with Crippen LogP contribution in [0.5, 0.6) is 0 Å². The van der Waals surface area contributed by atoms with E-state index in [-0.39, 0.29) is 17.6 Å². The highest BCUT2D eigenvalue weighted by atomic mass is 16.5. The first-order chi connectivity index (χ1) is 22.6. The lowest BCUT2D eigenvalue weighted by Crippen LogP contribution is -2.51. The van der Waals surface area contributed by atoms with Gasteiger partial charge < -0.3 is 9.47 Å². The average molecular weight is 649 g/mol. The molecule has 4 heteroatoms. The maximum absolute atomic E-state index is 12.8. The summed E-state index contributed by atoms with van der Waals surface area (Å²) < 4.78 is 11.7. The van der Waals surface area contributed by atoms with E-state index in [1.807, 2.05) is 0 Å². The van der Waals surface area contributed by atoms with Gasteiger partial charge in [0.2, 0.25) is 0 Å². The Morgan fingerprint density at radius 3 is 2.15 bits per heavy atom. The van der Waals surface area contributed by atoms with Crippen molar-refractivity contribution in [2.24, 2.45) is 58.2 Å². The summed E-state index contributed by atoms with van der Waals surface area (Å²) in [5.41, 5.74) is 2.29. The van der Waals surface area contributed by atoms with E-state index in [1.165, 1.54) is 114 Å². The standard InChI is InChI=1S/C43H68O4/c1-29(2)10-9-11-30(3)37-20-21-38-36-19-16-33-28-35(24-26-42(33,4)39(36)25-27-43(37,38)5)47-41(45)23-22-40(44)46-34-17-14-32(15-18-34)31-12-7-6-8-13-31/h16,22-23,29-32,34-39H,6-15,17-21,24-28H2,1-5H3/b23-22+/t30-,32?,34?,35+,36+,37-,38+,39+,42+,43-/m1/s1. The lowest BCUT2D eigenvalue weighted by atomic mass is 9.47. The van der Waals surface area contributed by atoms with E-state index in [1.54, 1.807) is 0 Å². The van der Waals surface area contributed by atoms with Crippen molar-refractivity contribution in [1.29, 1.82) is 0 Å². The molecule has 4 nitrogen and oxygen atoms in total. The zero-order valence-corrected chi connectivity index (χ0v) is 30.8. The average Bonchev–Trinajstić information content (AvgIpc) is 3.42. The van der Waals surface area contributed by atoms with Crippen LogP contribution in [0.2, 0.25) is 0 Å². The van der Waals surface area contributed by atoms with E-state index < -0.39 is 11.9 Å². The monoisotopic (exact) mass is 649 g/mol. The Hall–Kier alpha value is -1.58. The normalized spacial score (nSPS) is 39.9. The third-order valence-electron chi connectivity index (χ3n) is 15.2. The summed E-state index contributed by atoms with van der Waals surface area (Å²) in [7, 11) is 0. The van der Waals surface area contributed by atoms with Crippen molar-refractivity contribution < 1.29 is 19.1 Å². The third kappa shape index (κ3) is 7.77. The second kappa shape index (κ2) is 15.1. The van der Waals surface area contributed by atoms with E-state index in [0.717, 1.165) is 79.4 Å². The predicted octanol–water partition coefficient (Wildman–Crippen LogP) is 11.2. The fraction of sp³-hybridized carbons (Fsp3) is 0.860. The molecule has 0 N–H and O–H groups in total. The molecule has 8 atom stereocenters. The SMILES string of the molecule is CC(C)CCC[C@@H](C)[C@H]1CC[C@H]2[C@@H]3CC=C4C[C@@H](OC(=O)/C=C/C(=O)OC5CCC(C6CCCCC6)CC5)CC[C@]4(C)[C@H]3CC[C@]12C. The van der Waals surface area contributed by atoms with Crippen LogP contribution in [0.25, 0.3) is 0 Å². The predicted molar refractivity (Wildman–Crippen MR) is 190 cm³/mol. The summed E-state index contributed by atoms with van der Waals surface area (Å²) >= 11 is 0. The molecule has 0 saturated heterocycles. The Kier molecular flexibility index (Phi) is 11.3. The minimum absolute atomic E-state index is 0.00742. The number of allylic oxidation sites excluding steroid dienone is 1. The van der Waals surface area contributed by atoms with Gasteiger partial charge in [-0.2, -0.15) is 0 Å². The van der Waals surface area contributed by atoms with Gasteiger partial charge in [0, 0.05) is 18.6 Å². The molecule has 0 heterocycles. The van der Waals surface area contributed by atoms with Crippen LogP contribution in [-0.4, -0.2) is 24.1 Å². The van der Waals surface area contributed by atoms with Crippen molar-refractivity contribution in [3.05, 3.63) is 23.8 Å². The molecule has 47 heavy (non-hydrogen) atoms. The van der Waals surface area contributed by atoms with E-state index in [2.05, 4.69) is 40.7 Å². The lowest BCUT2D eigenvalue weighted by molar-refractivity contribution is -0.148. The van der Waals surface area contributed by atoms with Gasteiger partial charge in [-0.25, -0.2) is 9.59 Å². The number of carbonyl (C=O) groups excluding carboxylic acids is 2. The Labute approximate surface area is 287 Å². The highest BCUT2D eigenvalue weighted by Crippen LogP contribution is 2.67. The summed E-state index contributed by atoms with van der Waals surface area (Å²) in [6, 6.07) is 0.